The molecule has 2 fully saturated rings. The lowest BCUT2D eigenvalue weighted by Gasteiger charge is -2.38. The Morgan fingerprint density at radius 1 is 1.00 bits per heavy atom. The van der Waals surface area contributed by atoms with Gasteiger partial charge in [-0.15, -0.1) is 0 Å². The summed E-state index contributed by atoms with van der Waals surface area (Å²) in [5.74, 6) is 0. The van der Waals surface area contributed by atoms with Crippen LogP contribution in [0.2, 0.25) is 0 Å². The quantitative estimate of drug-likeness (QED) is 0.793. The third kappa shape index (κ3) is 3.37. The minimum atomic E-state index is -0.123. The summed E-state index contributed by atoms with van der Waals surface area (Å²) >= 11 is 0. The lowest BCUT2D eigenvalue weighted by molar-refractivity contribution is 0.171. The van der Waals surface area contributed by atoms with Gasteiger partial charge in [0.15, 0.2) is 0 Å². The molecule has 1 aliphatic carbocycles. The predicted molar refractivity (Wildman–Crippen MR) is 73.4 cm³/mol. The zero-order chi connectivity index (χ0) is 12.8. The molecule has 0 radical (unpaired) electrons. The molecule has 2 amide bonds. The molecule has 1 saturated heterocycles. The normalized spacial score (nSPS) is 24.4. The molecule has 1 heterocycles. The van der Waals surface area contributed by atoms with Gasteiger partial charge in [0.25, 0.3) is 0 Å². The second-order valence-corrected chi connectivity index (χ2v) is 5.88. The van der Waals surface area contributed by atoms with Crippen molar-refractivity contribution in [2.24, 2.45) is 5.73 Å². The third-order valence-electron chi connectivity index (χ3n) is 4.47. The Hall–Kier alpha value is -0.770. The average molecular weight is 253 g/mol. The van der Waals surface area contributed by atoms with Gasteiger partial charge in [-0.25, -0.2) is 4.79 Å². The summed E-state index contributed by atoms with van der Waals surface area (Å²) in [6.07, 6.45) is 10.5. The van der Waals surface area contributed by atoms with Crippen molar-refractivity contribution in [3.05, 3.63) is 0 Å². The molecule has 0 atom stereocenters. The van der Waals surface area contributed by atoms with E-state index in [9.17, 15) is 4.79 Å². The number of carbonyl (C=O) groups is 1. The zero-order valence-electron chi connectivity index (χ0n) is 11.4. The van der Waals surface area contributed by atoms with E-state index in [2.05, 4.69) is 5.32 Å². The molecule has 0 unspecified atom stereocenters. The fourth-order valence-electron chi connectivity index (χ4n) is 3.19. The Labute approximate surface area is 110 Å². The summed E-state index contributed by atoms with van der Waals surface area (Å²) in [5, 5.41) is 3.24. The van der Waals surface area contributed by atoms with Crippen LogP contribution in [0.1, 0.15) is 57.8 Å². The summed E-state index contributed by atoms with van der Waals surface area (Å²) < 4.78 is 0. The van der Waals surface area contributed by atoms with Crippen molar-refractivity contribution in [3.63, 3.8) is 0 Å². The van der Waals surface area contributed by atoms with E-state index in [1.165, 1.54) is 32.1 Å². The fourth-order valence-corrected chi connectivity index (χ4v) is 3.19. The van der Waals surface area contributed by atoms with Crippen molar-refractivity contribution in [3.8, 4) is 0 Å². The number of carbonyl (C=O) groups excluding carboxylic acids is 1. The fraction of sp³-hybridized carbons (Fsp3) is 0.929. The predicted octanol–water partition coefficient (Wildman–Crippen LogP) is 2.23. The smallest absolute Gasteiger partial charge is 0.317 e. The SMILES string of the molecule is NCC1(NC(=O)N2CCCCCC2)CCCCC1. The first-order valence-electron chi connectivity index (χ1n) is 7.53. The van der Waals surface area contributed by atoms with Gasteiger partial charge in [0, 0.05) is 19.6 Å². The van der Waals surface area contributed by atoms with Crippen LogP contribution in [0.25, 0.3) is 0 Å². The van der Waals surface area contributed by atoms with E-state index in [1.54, 1.807) is 0 Å². The first-order chi connectivity index (χ1) is 8.76. The molecular formula is C14H27N3O. The van der Waals surface area contributed by atoms with Crippen LogP contribution in [0.3, 0.4) is 0 Å². The van der Waals surface area contributed by atoms with Crippen LogP contribution in [0.4, 0.5) is 4.79 Å². The maximum atomic E-state index is 12.3. The highest BCUT2D eigenvalue weighted by molar-refractivity contribution is 5.75. The van der Waals surface area contributed by atoms with E-state index < -0.39 is 0 Å². The molecule has 0 aromatic rings. The van der Waals surface area contributed by atoms with Gasteiger partial charge in [0.05, 0.1) is 5.54 Å². The molecule has 4 heteroatoms. The molecule has 3 N–H and O–H groups in total. The van der Waals surface area contributed by atoms with Crippen LogP contribution in [-0.2, 0) is 0 Å². The average Bonchev–Trinajstić information content (AvgIpc) is 2.68. The second kappa shape index (κ2) is 6.41. The molecule has 1 saturated carbocycles. The van der Waals surface area contributed by atoms with Gasteiger partial charge in [-0.1, -0.05) is 32.1 Å². The van der Waals surface area contributed by atoms with Crippen LogP contribution in [0, 0.1) is 0 Å². The van der Waals surface area contributed by atoms with Crippen LogP contribution >= 0.6 is 0 Å². The van der Waals surface area contributed by atoms with E-state index in [-0.39, 0.29) is 11.6 Å². The van der Waals surface area contributed by atoms with Gasteiger partial charge in [0.2, 0.25) is 0 Å². The van der Waals surface area contributed by atoms with Gasteiger partial charge in [-0.2, -0.15) is 0 Å². The van der Waals surface area contributed by atoms with Crippen LogP contribution in [-0.4, -0.2) is 36.1 Å². The highest BCUT2D eigenvalue weighted by Gasteiger charge is 2.33. The standard InChI is InChI=1S/C14H27N3O/c15-12-14(8-4-3-5-9-14)16-13(18)17-10-6-1-2-7-11-17/h1-12,15H2,(H,16,18). The number of nitrogens with zero attached hydrogens (tertiary/aromatic N) is 1. The summed E-state index contributed by atoms with van der Waals surface area (Å²) in [5.41, 5.74) is 5.79. The monoisotopic (exact) mass is 253 g/mol. The molecule has 0 aromatic heterocycles. The number of urea groups is 1. The maximum absolute atomic E-state index is 12.3. The van der Waals surface area contributed by atoms with Crippen LogP contribution in [0.5, 0.6) is 0 Å². The highest BCUT2D eigenvalue weighted by atomic mass is 16.2. The van der Waals surface area contributed by atoms with Crippen LogP contribution < -0.4 is 11.1 Å². The largest absolute Gasteiger partial charge is 0.331 e. The number of rotatable bonds is 2. The van der Waals surface area contributed by atoms with Crippen molar-refractivity contribution >= 4 is 6.03 Å². The molecule has 2 aliphatic rings. The van der Waals surface area contributed by atoms with E-state index >= 15 is 0 Å². The lowest BCUT2D eigenvalue weighted by Crippen LogP contribution is -2.58. The van der Waals surface area contributed by atoms with E-state index in [4.69, 9.17) is 5.73 Å². The lowest BCUT2D eigenvalue weighted by atomic mass is 9.82. The Bertz CT molecular complexity index is 266. The first kappa shape index (κ1) is 13.7. The maximum Gasteiger partial charge on any atom is 0.317 e. The number of hydrogen-bond acceptors (Lipinski definition) is 2. The summed E-state index contributed by atoms with van der Waals surface area (Å²) in [7, 11) is 0. The third-order valence-corrected chi connectivity index (χ3v) is 4.47. The Morgan fingerprint density at radius 3 is 2.11 bits per heavy atom. The van der Waals surface area contributed by atoms with Crippen molar-refractivity contribution in [2.75, 3.05) is 19.6 Å². The number of nitrogens with two attached hydrogens (primary N) is 1. The van der Waals surface area contributed by atoms with Crippen molar-refractivity contribution in [1.82, 2.24) is 10.2 Å². The minimum absolute atomic E-state index is 0.115. The number of likely N-dealkylation sites (tertiary alicyclic amines) is 1. The van der Waals surface area contributed by atoms with E-state index in [1.807, 2.05) is 4.90 Å². The second-order valence-electron chi connectivity index (χ2n) is 5.88. The number of amides is 2. The molecule has 18 heavy (non-hydrogen) atoms. The van der Waals surface area contributed by atoms with Gasteiger partial charge in [-0.05, 0) is 25.7 Å². The molecule has 1 aliphatic heterocycles. The van der Waals surface area contributed by atoms with Gasteiger partial charge in [0.1, 0.15) is 0 Å². The number of nitrogens with one attached hydrogen (secondary N) is 1. The van der Waals surface area contributed by atoms with Gasteiger partial charge >= 0.3 is 6.03 Å². The summed E-state index contributed by atoms with van der Waals surface area (Å²) in [6.45, 7) is 2.39. The van der Waals surface area contributed by atoms with Crippen LogP contribution in [0.15, 0.2) is 0 Å². The number of hydrogen-bond donors (Lipinski definition) is 2. The molecule has 0 bridgehead atoms. The molecule has 104 valence electrons. The molecule has 0 aromatic carbocycles. The minimum Gasteiger partial charge on any atom is -0.331 e. The Morgan fingerprint density at radius 2 is 1.56 bits per heavy atom. The summed E-state index contributed by atoms with van der Waals surface area (Å²) in [4.78, 5) is 14.3. The van der Waals surface area contributed by atoms with Crippen molar-refractivity contribution < 1.29 is 4.79 Å². The zero-order valence-corrected chi connectivity index (χ0v) is 11.4. The summed E-state index contributed by atoms with van der Waals surface area (Å²) in [6, 6.07) is 0.115. The van der Waals surface area contributed by atoms with Gasteiger partial charge in [-0.3, -0.25) is 0 Å². The molecule has 4 nitrogen and oxygen atoms in total. The molecule has 2 rings (SSSR count). The van der Waals surface area contributed by atoms with E-state index in [0.717, 1.165) is 38.8 Å². The van der Waals surface area contributed by atoms with Crippen molar-refractivity contribution in [2.45, 2.75) is 63.3 Å². The van der Waals surface area contributed by atoms with Crippen molar-refractivity contribution in [1.29, 1.82) is 0 Å². The molecular weight excluding hydrogens is 226 g/mol. The molecule has 0 spiro atoms. The van der Waals surface area contributed by atoms with Gasteiger partial charge < -0.3 is 16.0 Å². The van der Waals surface area contributed by atoms with E-state index in [0.29, 0.717) is 6.54 Å². The highest BCUT2D eigenvalue weighted by Crippen LogP contribution is 2.27. The first-order valence-corrected chi connectivity index (χ1v) is 7.53. The Balaban J connectivity index is 1.91. The Kier molecular flexibility index (Phi) is 4.87. The topological polar surface area (TPSA) is 58.4 Å².